The minimum atomic E-state index is -0.916. The van der Waals surface area contributed by atoms with Crippen molar-refractivity contribution in [2.45, 2.75) is 76.5 Å². The Labute approximate surface area is 302 Å². The summed E-state index contributed by atoms with van der Waals surface area (Å²) in [5, 5.41) is 31.9. The molecule has 0 spiro atoms. The number of aromatic amines is 1. The van der Waals surface area contributed by atoms with Crippen LogP contribution in [0.4, 0.5) is 10.1 Å². The number of aryl methyl sites for hydroxylation is 1. The summed E-state index contributed by atoms with van der Waals surface area (Å²) in [4.78, 5) is 39.9. The minimum absolute atomic E-state index is 0. The highest BCUT2D eigenvalue weighted by Crippen LogP contribution is 2.29. The number of tetrazole rings is 1. The van der Waals surface area contributed by atoms with Crippen molar-refractivity contribution in [3.05, 3.63) is 83.2 Å². The second-order valence-electron chi connectivity index (χ2n) is 13.5. The summed E-state index contributed by atoms with van der Waals surface area (Å²) in [6.45, 7) is 2.55. The average Bonchev–Trinajstić information content (AvgIpc) is 3.80. The molecule has 2 unspecified atom stereocenters. The van der Waals surface area contributed by atoms with E-state index in [4.69, 9.17) is 5.73 Å². The fraction of sp³-hybridized carbons (Fsp3) is 0.405. The van der Waals surface area contributed by atoms with Crippen molar-refractivity contribution in [1.82, 2.24) is 31.3 Å². The van der Waals surface area contributed by atoms with Crippen molar-refractivity contribution >= 4 is 35.8 Å². The molecule has 2 aliphatic carbocycles. The molecule has 7 N–H and O–H groups in total. The Morgan fingerprint density at radius 1 is 0.980 bits per heavy atom. The van der Waals surface area contributed by atoms with Crippen LogP contribution in [0.25, 0.3) is 22.5 Å². The van der Waals surface area contributed by atoms with Crippen LogP contribution in [0.3, 0.4) is 0 Å². The van der Waals surface area contributed by atoms with Gasteiger partial charge in [0.25, 0.3) is 5.91 Å². The maximum atomic E-state index is 14.9. The number of aliphatic hydroxyl groups excluding tert-OH is 1. The molecular formula is C37H44ClFN8O4. The first-order valence-electron chi connectivity index (χ1n) is 17.2. The zero-order valence-corrected chi connectivity index (χ0v) is 29.2. The Morgan fingerprint density at radius 3 is 2.35 bits per heavy atom. The van der Waals surface area contributed by atoms with E-state index < -0.39 is 17.8 Å². The van der Waals surface area contributed by atoms with Crippen LogP contribution in [0.2, 0.25) is 0 Å². The molecule has 0 radical (unpaired) electrons. The van der Waals surface area contributed by atoms with Crippen LogP contribution < -0.4 is 21.7 Å². The molecule has 1 heterocycles. The Balaban J connectivity index is 0.00000504. The maximum absolute atomic E-state index is 14.9. The molecule has 3 atom stereocenters. The lowest BCUT2D eigenvalue weighted by Gasteiger charge is -2.28. The average molecular weight is 719 g/mol. The van der Waals surface area contributed by atoms with Gasteiger partial charge in [-0.1, -0.05) is 30.3 Å². The number of amides is 3. The van der Waals surface area contributed by atoms with E-state index in [1.807, 2.05) is 43.3 Å². The number of nitrogens with zero attached hydrogens (tertiary/aromatic N) is 3. The fourth-order valence-corrected chi connectivity index (χ4v) is 6.98. The van der Waals surface area contributed by atoms with Crippen molar-refractivity contribution in [3.8, 4) is 22.5 Å². The van der Waals surface area contributed by atoms with Gasteiger partial charge in [0, 0.05) is 29.6 Å². The monoisotopic (exact) mass is 718 g/mol. The van der Waals surface area contributed by atoms with Gasteiger partial charge in [-0.3, -0.25) is 14.4 Å². The molecule has 3 aromatic carbocycles. The first kappa shape index (κ1) is 37.5. The quantitative estimate of drug-likeness (QED) is 0.131. The number of carbonyl (C=O) groups excluding carboxylic acids is 3. The van der Waals surface area contributed by atoms with Crippen molar-refractivity contribution in [3.63, 3.8) is 0 Å². The molecule has 6 rings (SSSR count). The first-order chi connectivity index (χ1) is 24.2. The third kappa shape index (κ3) is 9.34. The lowest BCUT2D eigenvalue weighted by Crippen LogP contribution is -2.48. The molecule has 12 nitrogen and oxygen atoms in total. The molecular weight excluding hydrogens is 675 g/mol. The van der Waals surface area contributed by atoms with Gasteiger partial charge in [-0.05, 0) is 122 Å². The molecule has 4 aromatic rings. The van der Waals surface area contributed by atoms with Gasteiger partial charge in [-0.25, -0.2) is 4.39 Å². The lowest BCUT2D eigenvalue weighted by atomic mass is 9.81. The number of nitrogens with two attached hydrogens (primary N) is 1. The predicted molar refractivity (Wildman–Crippen MR) is 193 cm³/mol. The topological polar surface area (TPSA) is 188 Å². The van der Waals surface area contributed by atoms with Crippen molar-refractivity contribution in [2.24, 2.45) is 17.6 Å². The molecule has 0 aliphatic heterocycles. The molecule has 0 saturated heterocycles. The number of carbonyl (C=O) groups is 3. The van der Waals surface area contributed by atoms with Crippen molar-refractivity contribution < 1.29 is 23.9 Å². The van der Waals surface area contributed by atoms with Crippen LogP contribution in [-0.4, -0.2) is 68.2 Å². The van der Waals surface area contributed by atoms with Crippen molar-refractivity contribution in [1.29, 1.82) is 0 Å². The first-order valence-corrected chi connectivity index (χ1v) is 17.2. The van der Waals surface area contributed by atoms with Gasteiger partial charge in [-0.15, -0.1) is 22.6 Å². The summed E-state index contributed by atoms with van der Waals surface area (Å²) in [5.74, 6) is -1.14. The van der Waals surface area contributed by atoms with Gasteiger partial charge in [0.1, 0.15) is 11.9 Å². The zero-order chi connectivity index (χ0) is 35.2. The largest absolute Gasteiger partial charge is 0.393 e. The SMILES string of the molecule is Cc1cc(C(=O)NC2CCC(O)C2)ccc1-c1ccc(C[C@H](NC(=O)[C@H]2CC[C@H](CN)CC2)C(=O)Nc2ccc(-c3nn[nH]n3)c(F)c2)cc1.Cl. The number of rotatable bonds is 11. The van der Waals surface area contributed by atoms with E-state index in [1.165, 1.54) is 12.1 Å². The number of hydrogen-bond donors (Lipinski definition) is 6. The van der Waals surface area contributed by atoms with E-state index in [2.05, 4.69) is 36.6 Å². The third-order valence-corrected chi connectivity index (χ3v) is 9.94. The van der Waals surface area contributed by atoms with Crippen LogP contribution >= 0.6 is 12.4 Å². The number of aliphatic hydroxyl groups is 1. The highest BCUT2D eigenvalue weighted by Gasteiger charge is 2.30. The highest BCUT2D eigenvalue weighted by molar-refractivity contribution is 5.98. The van der Waals surface area contributed by atoms with Gasteiger partial charge in [0.15, 0.2) is 0 Å². The lowest BCUT2D eigenvalue weighted by molar-refractivity contribution is -0.130. The van der Waals surface area contributed by atoms with E-state index in [0.717, 1.165) is 41.5 Å². The second-order valence-corrected chi connectivity index (χ2v) is 13.5. The summed E-state index contributed by atoms with van der Waals surface area (Å²) in [6.07, 6.45) is 5.06. The Morgan fingerprint density at radius 2 is 1.73 bits per heavy atom. The smallest absolute Gasteiger partial charge is 0.251 e. The van der Waals surface area contributed by atoms with Gasteiger partial charge in [0.2, 0.25) is 17.6 Å². The number of halogens is 2. The summed E-state index contributed by atoms with van der Waals surface area (Å²) >= 11 is 0. The number of nitrogens with one attached hydrogen (secondary N) is 4. The normalized spacial score (nSPS) is 20.5. The predicted octanol–water partition coefficient (Wildman–Crippen LogP) is 4.48. The van der Waals surface area contributed by atoms with Crippen molar-refractivity contribution in [2.75, 3.05) is 11.9 Å². The summed E-state index contributed by atoms with van der Waals surface area (Å²) in [6, 6.07) is 16.6. The molecule has 0 bridgehead atoms. The van der Waals surface area contributed by atoms with E-state index in [0.29, 0.717) is 43.7 Å². The maximum Gasteiger partial charge on any atom is 0.251 e. The van der Waals surface area contributed by atoms with Gasteiger partial charge >= 0.3 is 0 Å². The number of benzene rings is 3. The minimum Gasteiger partial charge on any atom is -0.393 e. The number of aromatic nitrogens is 4. The van der Waals surface area contributed by atoms with E-state index in [1.54, 1.807) is 12.1 Å². The van der Waals surface area contributed by atoms with Gasteiger partial charge in [-0.2, -0.15) is 5.21 Å². The molecule has 14 heteroatoms. The Bertz CT molecular complexity index is 1820. The molecule has 2 saturated carbocycles. The zero-order valence-electron chi connectivity index (χ0n) is 28.4. The Hall–Kier alpha value is -4.72. The molecule has 2 fully saturated rings. The van der Waals surface area contributed by atoms with Crippen LogP contribution in [0.1, 0.15) is 66.4 Å². The van der Waals surface area contributed by atoms with Crippen LogP contribution in [0.5, 0.6) is 0 Å². The standard InChI is InChI=1S/C37H43FN8O4.ClH/c1-21-16-26(36(49)40-27-11-13-29(47)18-27)10-14-30(21)24-6-2-22(3-7-24)17-33(42-35(48)25-8-4-23(20-39)5-9-25)37(50)41-28-12-15-31(32(38)19-28)34-43-45-46-44-34;/h2-3,6-7,10,12,14-16,19,23,25,27,29,33,47H,4-5,8-9,11,13,17-18,20,39H2,1H3,(H,40,49)(H,41,50)(H,42,48)(H,43,44,45,46);1H/t23-,25-,27?,29?,33-;/m0./s1. The fourth-order valence-electron chi connectivity index (χ4n) is 6.98. The van der Waals surface area contributed by atoms with E-state index >= 15 is 0 Å². The van der Waals surface area contributed by atoms with Crippen LogP contribution in [-0.2, 0) is 16.0 Å². The summed E-state index contributed by atoms with van der Waals surface area (Å²) in [5.41, 5.74) is 10.4. The summed E-state index contributed by atoms with van der Waals surface area (Å²) in [7, 11) is 0. The Kier molecular flexibility index (Phi) is 12.5. The number of H-pyrrole nitrogens is 1. The van der Waals surface area contributed by atoms with Gasteiger partial charge in [0.05, 0.1) is 11.7 Å². The van der Waals surface area contributed by atoms with Crippen LogP contribution in [0, 0.1) is 24.6 Å². The highest BCUT2D eigenvalue weighted by atomic mass is 35.5. The molecule has 3 amide bonds. The molecule has 2 aliphatic rings. The third-order valence-electron chi connectivity index (χ3n) is 9.94. The molecule has 51 heavy (non-hydrogen) atoms. The number of anilines is 1. The summed E-state index contributed by atoms with van der Waals surface area (Å²) < 4.78 is 14.9. The van der Waals surface area contributed by atoms with E-state index in [9.17, 15) is 23.9 Å². The molecule has 270 valence electrons. The van der Waals surface area contributed by atoms with Crippen LogP contribution in [0.15, 0.2) is 60.7 Å². The number of hydrogen-bond acceptors (Lipinski definition) is 8. The van der Waals surface area contributed by atoms with Gasteiger partial charge < -0.3 is 26.8 Å². The molecule has 1 aromatic heterocycles. The second kappa shape index (κ2) is 17.0. The van der Waals surface area contributed by atoms with E-state index in [-0.39, 0.29) is 65.8 Å².